The third kappa shape index (κ3) is 6.78. The van der Waals surface area contributed by atoms with Gasteiger partial charge in [0.2, 0.25) is 11.8 Å². The Morgan fingerprint density at radius 1 is 1.03 bits per heavy atom. The lowest BCUT2D eigenvalue weighted by molar-refractivity contribution is -0.137. The highest BCUT2D eigenvalue weighted by Crippen LogP contribution is 2.34. The second kappa shape index (κ2) is 12.2. The van der Waals surface area contributed by atoms with Crippen molar-refractivity contribution in [3.63, 3.8) is 0 Å². The Morgan fingerprint density at radius 2 is 1.82 bits per heavy atom. The Labute approximate surface area is 221 Å². The predicted octanol–water partition coefficient (Wildman–Crippen LogP) is 4.57. The number of hydrogen-bond donors (Lipinski definition) is 2. The third-order valence-electron chi connectivity index (χ3n) is 6.02. The lowest BCUT2D eigenvalue weighted by Crippen LogP contribution is -2.48. The summed E-state index contributed by atoms with van der Waals surface area (Å²) in [5.41, 5.74) is -0.703. The summed E-state index contributed by atoms with van der Waals surface area (Å²) < 4.78 is 46.3. The maximum atomic E-state index is 13.6. The van der Waals surface area contributed by atoms with Crippen molar-refractivity contribution in [1.29, 1.82) is 0 Å². The van der Waals surface area contributed by atoms with Crippen molar-refractivity contribution in [1.82, 2.24) is 10.6 Å². The minimum Gasteiger partial charge on any atom is -0.376 e. The third-order valence-corrected chi connectivity index (χ3v) is 6.88. The molecule has 0 radical (unpaired) electrons. The van der Waals surface area contributed by atoms with Crippen molar-refractivity contribution < 1.29 is 32.3 Å². The minimum absolute atomic E-state index is 0.128. The van der Waals surface area contributed by atoms with Crippen molar-refractivity contribution in [3.05, 3.63) is 88.1 Å². The molecule has 4 rings (SSSR count). The summed E-state index contributed by atoms with van der Waals surface area (Å²) >= 11 is 1.18. The molecule has 2 atom stereocenters. The number of benzene rings is 2. The standard InChI is InChI=1S/C27H26F3N3O4S/c28-27(29,30)19-9-4-10-20(15-19)33(23(34)17-32-25(35)22-12-6-14-38-22)24(18-7-2-1-3-8-18)26(36)31-16-21-11-5-13-37-21/h1-4,6-10,12,14-15,21,24H,5,11,13,16-17H2,(H,31,36)(H,32,35)/t21-,24+/m0/s1. The number of carbonyl (C=O) groups excluding carboxylic acids is 3. The van der Waals surface area contributed by atoms with Crippen LogP contribution >= 0.6 is 11.3 Å². The number of alkyl halides is 3. The number of rotatable bonds is 9. The first kappa shape index (κ1) is 27.3. The van der Waals surface area contributed by atoms with Crippen LogP contribution in [0, 0.1) is 0 Å². The molecule has 2 heterocycles. The number of ether oxygens (including phenoxy) is 1. The van der Waals surface area contributed by atoms with E-state index in [4.69, 9.17) is 4.74 Å². The Morgan fingerprint density at radius 3 is 2.47 bits per heavy atom. The van der Waals surface area contributed by atoms with E-state index < -0.39 is 42.0 Å². The molecule has 1 saturated heterocycles. The first-order valence-corrected chi connectivity index (χ1v) is 12.9. The van der Waals surface area contributed by atoms with E-state index in [9.17, 15) is 27.6 Å². The molecule has 1 aliphatic rings. The fourth-order valence-corrected chi connectivity index (χ4v) is 4.81. The van der Waals surface area contributed by atoms with Crippen LogP contribution in [0.4, 0.5) is 18.9 Å². The number of thiophene rings is 1. The topological polar surface area (TPSA) is 87.7 Å². The van der Waals surface area contributed by atoms with Crippen molar-refractivity contribution in [3.8, 4) is 0 Å². The number of amides is 3. The summed E-state index contributed by atoms with van der Waals surface area (Å²) in [6.45, 7) is 0.249. The summed E-state index contributed by atoms with van der Waals surface area (Å²) in [7, 11) is 0. The quantitative estimate of drug-likeness (QED) is 0.413. The van der Waals surface area contributed by atoms with Gasteiger partial charge in [-0.1, -0.05) is 42.5 Å². The molecule has 0 aliphatic carbocycles. The first-order chi connectivity index (χ1) is 18.2. The molecule has 2 aromatic carbocycles. The Kier molecular flexibility index (Phi) is 8.80. The molecule has 200 valence electrons. The molecular formula is C27H26F3N3O4S. The van der Waals surface area contributed by atoms with E-state index in [-0.39, 0.29) is 18.3 Å². The number of carbonyl (C=O) groups is 3. The Balaban J connectivity index is 1.69. The summed E-state index contributed by atoms with van der Waals surface area (Å²) in [5.74, 6) is -1.84. The number of halogens is 3. The zero-order valence-electron chi connectivity index (χ0n) is 20.2. The zero-order valence-corrected chi connectivity index (χ0v) is 21.1. The Bertz CT molecular complexity index is 1250. The molecule has 0 unspecified atom stereocenters. The number of nitrogens with one attached hydrogen (secondary N) is 2. The van der Waals surface area contributed by atoms with Gasteiger partial charge in [-0.25, -0.2) is 0 Å². The van der Waals surface area contributed by atoms with Gasteiger partial charge in [-0.05, 0) is 48.1 Å². The average molecular weight is 546 g/mol. The highest BCUT2D eigenvalue weighted by atomic mass is 32.1. The molecular weight excluding hydrogens is 519 g/mol. The van der Waals surface area contributed by atoms with Gasteiger partial charge in [0.15, 0.2) is 0 Å². The summed E-state index contributed by atoms with van der Waals surface area (Å²) in [5, 5.41) is 7.01. The van der Waals surface area contributed by atoms with Crippen LogP contribution in [0.1, 0.15) is 39.7 Å². The van der Waals surface area contributed by atoms with Gasteiger partial charge in [0.1, 0.15) is 6.04 Å². The Hall–Kier alpha value is -3.70. The molecule has 3 amide bonds. The summed E-state index contributed by atoms with van der Waals surface area (Å²) in [6.07, 6.45) is -3.22. The molecule has 1 aliphatic heterocycles. The lowest BCUT2D eigenvalue weighted by Gasteiger charge is -2.32. The lowest BCUT2D eigenvalue weighted by atomic mass is 10.0. The molecule has 3 aromatic rings. The van der Waals surface area contributed by atoms with Crippen molar-refractivity contribution in [2.75, 3.05) is 24.6 Å². The van der Waals surface area contributed by atoms with Crippen LogP contribution in [-0.2, 0) is 20.5 Å². The number of anilines is 1. The van der Waals surface area contributed by atoms with Gasteiger partial charge in [-0.2, -0.15) is 13.2 Å². The van der Waals surface area contributed by atoms with Crippen LogP contribution in [0.5, 0.6) is 0 Å². The maximum Gasteiger partial charge on any atom is 0.416 e. The van der Waals surface area contributed by atoms with Crippen LogP contribution in [0.3, 0.4) is 0 Å². The summed E-state index contributed by atoms with van der Waals surface area (Å²) in [6, 6.07) is 14.5. The van der Waals surface area contributed by atoms with Gasteiger partial charge < -0.3 is 15.4 Å². The van der Waals surface area contributed by atoms with Crippen LogP contribution < -0.4 is 15.5 Å². The second-order valence-corrected chi connectivity index (χ2v) is 9.61. The van der Waals surface area contributed by atoms with Gasteiger partial charge >= 0.3 is 6.18 Å². The highest BCUT2D eigenvalue weighted by Gasteiger charge is 2.36. The molecule has 0 saturated carbocycles. The first-order valence-electron chi connectivity index (χ1n) is 12.0. The van der Waals surface area contributed by atoms with Crippen LogP contribution in [0.2, 0.25) is 0 Å². The zero-order chi connectivity index (χ0) is 27.1. The van der Waals surface area contributed by atoms with Crippen molar-refractivity contribution >= 4 is 34.7 Å². The van der Waals surface area contributed by atoms with Gasteiger partial charge in [-0.15, -0.1) is 11.3 Å². The summed E-state index contributed by atoms with van der Waals surface area (Å²) in [4.78, 5) is 41.0. The largest absolute Gasteiger partial charge is 0.416 e. The van der Waals surface area contributed by atoms with E-state index in [1.807, 2.05) is 0 Å². The van der Waals surface area contributed by atoms with Crippen LogP contribution in [0.25, 0.3) is 0 Å². The van der Waals surface area contributed by atoms with E-state index in [1.54, 1.807) is 47.8 Å². The SMILES string of the molecule is O=C(NCC(=O)N(c1cccc(C(F)(F)F)c1)[C@@H](C(=O)NC[C@@H]1CCCO1)c1ccccc1)c1cccs1. The molecule has 0 bridgehead atoms. The normalized spacial score (nSPS) is 16.0. The van der Waals surface area contributed by atoms with Gasteiger partial charge in [0.25, 0.3) is 5.91 Å². The number of nitrogens with zero attached hydrogens (tertiary/aromatic N) is 1. The molecule has 1 fully saturated rings. The van der Waals surface area contributed by atoms with E-state index in [0.717, 1.165) is 29.9 Å². The predicted molar refractivity (Wildman–Crippen MR) is 137 cm³/mol. The minimum atomic E-state index is -4.66. The van der Waals surface area contributed by atoms with E-state index >= 15 is 0 Å². The molecule has 0 spiro atoms. The van der Waals surface area contributed by atoms with E-state index in [0.29, 0.717) is 17.0 Å². The van der Waals surface area contributed by atoms with Gasteiger partial charge in [0, 0.05) is 18.8 Å². The highest BCUT2D eigenvalue weighted by molar-refractivity contribution is 7.12. The monoisotopic (exact) mass is 545 g/mol. The number of hydrogen-bond acceptors (Lipinski definition) is 5. The molecule has 7 nitrogen and oxygen atoms in total. The second-order valence-electron chi connectivity index (χ2n) is 8.67. The molecule has 38 heavy (non-hydrogen) atoms. The van der Waals surface area contributed by atoms with Gasteiger partial charge in [-0.3, -0.25) is 19.3 Å². The van der Waals surface area contributed by atoms with E-state index in [1.165, 1.54) is 23.5 Å². The van der Waals surface area contributed by atoms with Crippen molar-refractivity contribution in [2.24, 2.45) is 0 Å². The fourth-order valence-electron chi connectivity index (χ4n) is 4.17. The van der Waals surface area contributed by atoms with Crippen molar-refractivity contribution in [2.45, 2.75) is 31.2 Å². The maximum absolute atomic E-state index is 13.6. The fraction of sp³-hybridized carbons (Fsp3) is 0.296. The molecule has 1 aromatic heterocycles. The average Bonchev–Trinajstić information content (AvgIpc) is 3.64. The smallest absolute Gasteiger partial charge is 0.376 e. The van der Waals surface area contributed by atoms with E-state index in [2.05, 4.69) is 10.6 Å². The van der Waals surface area contributed by atoms with Crippen LogP contribution in [0.15, 0.2) is 72.1 Å². The molecule has 11 heteroatoms. The van der Waals surface area contributed by atoms with Gasteiger partial charge in [0.05, 0.1) is 23.1 Å². The molecule has 2 N–H and O–H groups in total. The van der Waals surface area contributed by atoms with Crippen LogP contribution in [-0.4, -0.2) is 43.5 Å².